The van der Waals surface area contributed by atoms with Gasteiger partial charge in [0.15, 0.2) is 0 Å². The Bertz CT molecular complexity index is 492. The Morgan fingerprint density at radius 2 is 2.33 bits per heavy atom. The highest BCUT2D eigenvalue weighted by Gasteiger charge is 2.09. The SMILES string of the molecule is CCCOCCCNC(=O)c1ccncc1C#CCCO. The molecule has 0 aliphatic carbocycles. The third-order valence-electron chi connectivity index (χ3n) is 2.63. The Kier molecular flexibility index (Phi) is 8.85. The van der Waals surface area contributed by atoms with Gasteiger partial charge in [-0.1, -0.05) is 18.8 Å². The first-order valence-electron chi connectivity index (χ1n) is 7.19. The van der Waals surface area contributed by atoms with Crippen LogP contribution in [0.5, 0.6) is 0 Å². The smallest absolute Gasteiger partial charge is 0.252 e. The van der Waals surface area contributed by atoms with E-state index in [1.54, 1.807) is 18.5 Å². The van der Waals surface area contributed by atoms with Gasteiger partial charge in [-0.3, -0.25) is 9.78 Å². The number of hydrogen-bond acceptors (Lipinski definition) is 4. The fourth-order valence-corrected chi connectivity index (χ4v) is 1.62. The number of pyridine rings is 1. The van der Waals surface area contributed by atoms with Gasteiger partial charge < -0.3 is 15.2 Å². The molecule has 1 aromatic heterocycles. The maximum Gasteiger partial charge on any atom is 0.252 e. The number of hydrogen-bond donors (Lipinski definition) is 2. The predicted octanol–water partition coefficient (Wildman–Crippen LogP) is 1.36. The molecule has 1 heterocycles. The van der Waals surface area contributed by atoms with Crippen LogP contribution in [-0.2, 0) is 4.74 Å². The van der Waals surface area contributed by atoms with Gasteiger partial charge in [0.1, 0.15) is 0 Å². The summed E-state index contributed by atoms with van der Waals surface area (Å²) in [4.78, 5) is 16.1. The summed E-state index contributed by atoms with van der Waals surface area (Å²) < 4.78 is 5.35. The van der Waals surface area contributed by atoms with Crippen LogP contribution in [0.15, 0.2) is 18.5 Å². The van der Waals surface area contributed by atoms with Crippen LogP contribution in [-0.4, -0.2) is 42.4 Å². The molecule has 0 radical (unpaired) electrons. The third kappa shape index (κ3) is 6.89. The summed E-state index contributed by atoms with van der Waals surface area (Å²) in [5.74, 6) is 5.49. The topological polar surface area (TPSA) is 71.5 Å². The molecular formula is C16H22N2O3. The van der Waals surface area contributed by atoms with E-state index in [1.807, 2.05) is 0 Å². The van der Waals surface area contributed by atoms with Crippen LogP contribution in [0.2, 0.25) is 0 Å². The van der Waals surface area contributed by atoms with E-state index in [4.69, 9.17) is 9.84 Å². The molecular weight excluding hydrogens is 268 g/mol. The Labute approximate surface area is 125 Å². The lowest BCUT2D eigenvalue weighted by atomic mass is 10.1. The zero-order chi connectivity index (χ0) is 15.3. The van der Waals surface area contributed by atoms with Crippen molar-refractivity contribution in [2.24, 2.45) is 0 Å². The van der Waals surface area contributed by atoms with Gasteiger partial charge in [-0.25, -0.2) is 0 Å². The quantitative estimate of drug-likeness (QED) is 0.560. The second-order valence-electron chi connectivity index (χ2n) is 4.42. The van der Waals surface area contributed by atoms with Gasteiger partial charge in [-0.15, -0.1) is 0 Å². The van der Waals surface area contributed by atoms with E-state index in [9.17, 15) is 4.79 Å². The second-order valence-corrected chi connectivity index (χ2v) is 4.42. The summed E-state index contributed by atoms with van der Waals surface area (Å²) in [7, 11) is 0. The van der Waals surface area contributed by atoms with Gasteiger partial charge in [0.05, 0.1) is 17.7 Å². The van der Waals surface area contributed by atoms with Crippen molar-refractivity contribution < 1.29 is 14.6 Å². The normalized spacial score (nSPS) is 9.81. The largest absolute Gasteiger partial charge is 0.395 e. The Hall–Kier alpha value is -1.90. The molecule has 0 unspecified atom stereocenters. The zero-order valence-corrected chi connectivity index (χ0v) is 12.4. The molecule has 0 atom stereocenters. The molecule has 21 heavy (non-hydrogen) atoms. The van der Waals surface area contributed by atoms with Crippen LogP contribution >= 0.6 is 0 Å². The first-order chi connectivity index (χ1) is 10.3. The van der Waals surface area contributed by atoms with Gasteiger partial charge in [-0.2, -0.15) is 0 Å². The lowest BCUT2D eigenvalue weighted by Gasteiger charge is -2.07. The van der Waals surface area contributed by atoms with E-state index in [2.05, 4.69) is 29.1 Å². The van der Waals surface area contributed by atoms with Crippen molar-refractivity contribution in [3.05, 3.63) is 29.6 Å². The minimum atomic E-state index is -0.166. The molecule has 114 valence electrons. The van der Waals surface area contributed by atoms with E-state index in [-0.39, 0.29) is 12.5 Å². The lowest BCUT2D eigenvalue weighted by molar-refractivity contribution is 0.0941. The first kappa shape index (κ1) is 17.2. The fraction of sp³-hybridized carbons (Fsp3) is 0.500. The highest BCUT2D eigenvalue weighted by atomic mass is 16.5. The molecule has 0 bridgehead atoms. The maximum absolute atomic E-state index is 12.1. The van der Waals surface area contributed by atoms with Crippen molar-refractivity contribution in [1.82, 2.24) is 10.3 Å². The van der Waals surface area contributed by atoms with E-state index in [0.29, 0.717) is 30.7 Å². The van der Waals surface area contributed by atoms with Crippen LogP contribution in [0.25, 0.3) is 0 Å². The maximum atomic E-state index is 12.1. The number of carbonyl (C=O) groups is 1. The summed E-state index contributed by atoms with van der Waals surface area (Å²) in [6, 6.07) is 1.64. The molecule has 1 rings (SSSR count). The van der Waals surface area contributed by atoms with E-state index < -0.39 is 0 Å². The number of nitrogens with one attached hydrogen (secondary N) is 1. The molecule has 0 saturated carbocycles. The van der Waals surface area contributed by atoms with Crippen molar-refractivity contribution in [2.75, 3.05) is 26.4 Å². The molecule has 0 aromatic carbocycles. The van der Waals surface area contributed by atoms with Crippen LogP contribution in [0.3, 0.4) is 0 Å². The Morgan fingerprint density at radius 1 is 1.48 bits per heavy atom. The molecule has 1 amide bonds. The molecule has 0 fully saturated rings. The van der Waals surface area contributed by atoms with Gasteiger partial charge in [0.2, 0.25) is 0 Å². The molecule has 0 saturated heterocycles. The highest BCUT2D eigenvalue weighted by Crippen LogP contribution is 2.05. The number of aliphatic hydroxyl groups excluding tert-OH is 1. The summed E-state index contributed by atoms with van der Waals surface area (Å²) in [5, 5.41) is 11.6. The van der Waals surface area contributed by atoms with Crippen molar-refractivity contribution in [1.29, 1.82) is 0 Å². The number of amides is 1. The predicted molar refractivity (Wildman–Crippen MR) is 80.9 cm³/mol. The van der Waals surface area contributed by atoms with E-state index in [1.165, 1.54) is 0 Å². The summed E-state index contributed by atoms with van der Waals surface area (Å²) in [6.07, 6.45) is 5.28. The van der Waals surface area contributed by atoms with Crippen LogP contribution < -0.4 is 5.32 Å². The second kappa shape index (κ2) is 10.8. The highest BCUT2D eigenvalue weighted by molar-refractivity contribution is 5.96. The molecule has 0 aliphatic heterocycles. The van der Waals surface area contributed by atoms with Gasteiger partial charge in [-0.05, 0) is 18.9 Å². The lowest BCUT2D eigenvalue weighted by Crippen LogP contribution is -2.26. The van der Waals surface area contributed by atoms with E-state index >= 15 is 0 Å². The van der Waals surface area contributed by atoms with Crippen molar-refractivity contribution in [2.45, 2.75) is 26.2 Å². The van der Waals surface area contributed by atoms with Gasteiger partial charge in [0.25, 0.3) is 5.91 Å². The van der Waals surface area contributed by atoms with Crippen LogP contribution in [0, 0.1) is 11.8 Å². The Morgan fingerprint density at radius 3 is 3.10 bits per heavy atom. The molecule has 0 aliphatic rings. The van der Waals surface area contributed by atoms with Crippen molar-refractivity contribution in [3.8, 4) is 11.8 Å². The standard InChI is InChI=1S/C16H22N2O3/c1-2-11-21-12-5-8-18-16(20)15-7-9-17-13-14(15)6-3-4-10-19/h7,9,13,19H,2,4-5,8,10-12H2,1H3,(H,18,20). The number of aliphatic hydroxyl groups is 1. The molecule has 5 heteroatoms. The number of aromatic nitrogens is 1. The summed E-state index contributed by atoms with van der Waals surface area (Å²) in [6.45, 7) is 4.03. The summed E-state index contributed by atoms with van der Waals surface area (Å²) >= 11 is 0. The number of nitrogens with zero attached hydrogens (tertiary/aromatic N) is 1. The summed E-state index contributed by atoms with van der Waals surface area (Å²) in [5.41, 5.74) is 1.08. The van der Waals surface area contributed by atoms with Crippen molar-refractivity contribution in [3.63, 3.8) is 0 Å². The van der Waals surface area contributed by atoms with E-state index in [0.717, 1.165) is 19.4 Å². The average molecular weight is 290 g/mol. The minimum Gasteiger partial charge on any atom is -0.395 e. The monoisotopic (exact) mass is 290 g/mol. The van der Waals surface area contributed by atoms with Gasteiger partial charge >= 0.3 is 0 Å². The van der Waals surface area contributed by atoms with Crippen LogP contribution in [0.1, 0.15) is 42.1 Å². The third-order valence-corrected chi connectivity index (χ3v) is 2.63. The molecule has 2 N–H and O–H groups in total. The molecule has 1 aromatic rings. The number of carbonyl (C=O) groups excluding carboxylic acids is 1. The fourth-order valence-electron chi connectivity index (χ4n) is 1.62. The van der Waals surface area contributed by atoms with Crippen LogP contribution in [0.4, 0.5) is 0 Å². The van der Waals surface area contributed by atoms with Gasteiger partial charge in [0, 0.05) is 38.6 Å². The first-order valence-corrected chi connectivity index (χ1v) is 7.19. The van der Waals surface area contributed by atoms with Crippen molar-refractivity contribution >= 4 is 5.91 Å². The number of ether oxygens (including phenoxy) is 1. The zero-order valence-electron chi connectivity index (χ0n) is 12.4. The molecule has 5 nitrogen and oxygen atoms in total. The molecule has 0 spiro atoms. The number of rotatable bonds is 8. The Balaban J connectivity index is 2.48. The minimum absolute atomic E-state index is 0.00650. The average Bonchev–Trinajstić information content (AvgIpc) is 2.51.